The first-order valence-electron chi connectivity index (χ1n) is 14.8. The summed E-state index contributed by atoms with van der Waals surface area (Å²) in [5, 5.41) is 2.18. The van der Waals surface area contributed by atoms with Gasteiger partial charge in [0.25, 0.3) is 5.56 Å². The van der Waals surface area contributed by atoms with E-state index in [9.17, 15) is 4.79 Å². The van der Waals surface area contributed by atoms with Crippen molar-refractivity contribution in [3.8, 4) is 22.6 Å². The highest BCUT2D eigenvalue weighted by Crippen LogP contribution is 2.34. The predicted octanol–water partition coefficient (Wildman–Crippen LogP) is 7.38. The van der Waals surface area contributed by atoms with Gasteiger partial charge in [-0.15, -0.1) is 0 Å². The molecule has 1 N–H and O–H groups in total. The summed E-state index contributed by atoms with van der Waals surface area (Å²) < 4.78 is 8.43. The Bertz CT molecular complexity index is 2130. The van der Waals surface area contributed by atoms with E-state index < -0.39 is 0 Å². The minimum Gasteiger partial charge on any atom is -0.456 e. The van der Waals surface area contributed by atoms with Gasteiger partial charge in [-0.05, 0) is 75.3 Å². The Morgan fingerprint density at radius 2 is 1.55 bits per heavy atom. The second-order valence-electron chi connectivity index (χ2n) is 11.3. The van der Waals surface area contributed by atoms with Gasteiger partial charge >= 0.3 is 0 Å². The molecule has 0 atom stereocenters. The number of nitrogens with one attached hydrogen (secondary N) is 1. The van der Waals surface area contributed by atoms with Crippen LogP contribution in [0.15, 0.2) is 94.1 Å². The highest BCUT2D eigenvalue weighted by molar-refractivity contribution is 6.06. The van der Waals surface area contributed by atoms with Crippen LogP contribution in [0.2, 0.25) is 0 Å². The zero-order valence-corrected chi connectivity index (χ0v) is 23.3. The number of H-pyrrole nitrogens is 1. The summed E-state index contributed by atoms with van der Waals surface area (Å²) in [5.74, 6) is 0.914. The van der Waals surface area contributed by atoms with E-state index in [0.717, 1.165) is 75.0 Å². The maximum absolute atomic E-state index is 13.0. The molecular weight excluding hydrogens is 522 g/mol. The van der Waals surface area contributed by atoms with Crippen LogP contribution in [0, 0.1) is 0 Å². The summed E-state index contributed by atoms with van der Waals surface area (Å²) >= 11 is 0. The number of likely N-dealkylation sites (tertiary alicyclic amines) is 1. The van der Waals surface area contributed by atoms with Gasteiger partial charge in [-0.25, -0.2) is 9.97 Å². The lowest BCUT2D eigenvalue weighted by Gasteiger charge is -2.26. The topological polar surface area (TPSA) is 80.0 Å². The Balaban J connectivity index is 1.27. The third-order valence-corrected chi connectivity index (χ3v) is 8.55. The lowest BCUT2D eigenvalue weighted by Crippen LogP contribution is -2.31. The first kappa shape index (κ1) is 25.0. The number of nitrogens with zero attached hydrogens (tertiary/aromatic N) is 4. The van der Waals surface area contributed by atoms with Crippen LogP contribution in [0.5, 0.6) is 0 Å². The highest BCUT2D eigenvalue weighted by Gasteiger charge is 2.18. The summed E-state index contributed by atoms with van der Waals surface area (Å²) in [4.78, 5) is 28.6. The number of hydrogen-bond donors (Lipinski definition) is 1. The summed E-state index contributed by atoms with van der Waals surface area (Å²) in [7, 11) is 0. The zero-order valence-electron chi connectivity index (χ0n) is 23.3. The van der Waals surface area contributed by atoms with Crippen molar-refractivity contribution in [3.63, 3.8) is 0 Å². The number of benzene rings is 4. The SMILES string of the molecule is O=c1[nH]c2cc3nc(-c4ccc5oc6ccccc6c5c4)n(CCCN4CCCCC4)c3cc2nc1-c1ccccc1. The van der Waals surface area contributed by atoms with E-state index in [0.29, 0.717) is 11.2 Å². The van der Waals surface area contributed by atoms with Crippen LogP contribution in [0.25, 0.3) is 66.7 Å². The maximum Gasteiger partial charge on any atom is 0.274 e. The number of rotatable bonds is 6. The Morgan fingerprint density at radius 3 is 2.43 bits per heavy atom. The second-order valence-corrected chi connectivity index (χ2v) is 11.3. The van der Waals surface area contributed by atoms with E-state index in [4.69, 9.17) is 14.4 Å². The van der Waals surface area contributed by atoms with Crippen molar-refractivity contribution in [1.82, 2.24) is 24.4 Å². The molecule has 4 aromatic carbocycles. The minimum absolute atomic E-state index is 0.202. The van der Waals surface area contributed by atoms with Crippen LogP contribution in [-0.2, 0) is 6.54 Å². The molecule has 1 saturated heterocycles. The molecule has 4 heterocycles. The van der Waals surface area contributed by atoms with Gasteiger partial charge < -0.3 is 18.9 Å². The van der Waals surface area contributed by atoms with E-state index in [2.05, 4.69) is 38.7 Å². The number of aromatic amines is 1. The molecule has 3 aromatic heterocycles. The first-order valence-corrected chi connectivity index (χ1v) is 14.8. The monoisotopic (exact) mass is 553 g/mol. The fourth-order valence-electron chi connectivity index (χ4n) is 6.44. The van der Waals surface area contributed by atoms with Gasteiger partial charge in [-0.3, -0.25) is 4.79 Å². The van der Waals surface area contributed by atoms with Crippen molar-refractivity contribution < 1.29 is 4.42 Å². The molecule has 8 rings (SSSR count). The number of fused-ring (bicyclic) bond motifs is 5. The normalized spacial score (nSPS) is 14.5. The number of imidazole rings is 1. The van der Waals surface area contributed by atoms with Gasteiger partial charge in [0.05, 0.1) is 22.1 Å². The molecular formula is C35H31N5O2. The number of aromatic nitrogens is 4. The molecule has 0 amide bonds. The molecule has 0 saturated carbocycles. The summed E-state index contributed by atoms with van der Waals surface area (Å²) in [6, 6.07) is 28.2. The lowest BCUT2D eigenvalue weighted by atomic mass is 10.1. The van der Waals surface area contributed by atoms with Crippen LogP contribution in [-0.4, -0.2) is 44.1 Å². The molecule has 7 heteroatoms. The van der Waals surface area contributed by atoms with Gasteiger partial charge in [-0.2, -0.15) is 0 Å². The van der Waals surface area contributed by atoms with E-state index in [-0.39, 0.29) is 5.56 Å². The molecule has 1 fully saturated rings. The first-order chi connectivity index (χ1) is 20.7. The Labute approximate surface area is 242 Å². The third-order valence-electron chi connectivity index (χ3n) is 8.55. The molecule has 0 spiro atoms. The van der Waals surface area contributed by atoms with Crippen molar-refractivity contribution in [2.75, 3.05) is 19.6 Å². The van der Waals surface area contributed by atoms with Crippen LogP contribution in [0.1, 0.15) is 25.7 Å². The quantitative estimate of drug-likeness (QED) is 0.232. The van der Waals surface area contributed by atoms with Crippen LogP contribution in [0.4, 0.5) is 0 Å². The lowest BCUT2D eigenvalue weighted by molar-refractivity contribution is 0.223. The Kier molecular flexibility index (Phi) is 6.11. The molecule has 0 radical (unpaired) electrons. The van der Waals surface area contributed by atoms with Crippen molar-refractivity contribution >= 4 is 44.0 Å². The third kappa shape index (κ3) is 4.37. The predicted molar refractivity (Wildman–Crippen MR) is 169 cm³/mol. The smallest absolute Gasteiger partial charge is 0.274 e. The van der Waals surface area contributed by atoms with Gasteiger partial charge in [0.15, 0.2) is 0 Å². The highest BCUT2D eigenvalue weighted by atomic mass is 16.3. The molecule has 42 heavy (non-hydrogen) atoms. The molecule has 0 bridgehead atoms. The minimum atomic E-state index is -0.202. The van der Waals surface area contributed by atoms with Gasteiger partial charge in [0.1, 0.15) is 22.7 Å². The number of piperidine rings is 1. The van der Waals surface area contributed by atoms with Crippen LogP contribution in [0.3, 0.4) is 0 Å². The second kappa shape index (κ2) is 10.3. The van der Waals surface area contributed by atoms with E-state index >= 15 is 0 Å². The van der Waals surface area contributed by atoms with Gasteiger partial charge in [-0.1, -0.05) is 55.0 Å². The molecule has 7 nitrogen and oxygen atoms in total. The Hall–Kier alpha value is -4.75. The number of furan rings is 1. The van der Waals surface area contributed by atoms with Crippen molar-refractivity contribution in [2.45, 2.75) is 32.2 Å². The molecule has 1 aliphatic rings. The number of para-hydroxylation sites is 1. The molecule has 0 unspecified atom stereocenters. The number of aryl methyl sites for hydroxylation is 1. The van der Waals surface area contributed by atoms with Gasteiger partial charge in [0, 0.05) is 28.4 Å². The summed E-state index contributed by atoms with van der Waals surface area (Å²) in [6.07, 6.45) is 4.95. The molecule has 7 aromatic rings. The van der Waals surface area contributed by atoms with E-state index in [1.165, 1.54) is 32.4 Å². The molecule has 0 aliphatic carbocycles. The van der Waals surface area contributed by atoms with E-state index in [1.54, 1.807) is 0 Å². The Morgan fingerprint density at radius 1 is 0.738 bits per heavy atom. The standard InChI is InChI=1S/C35H31N5O2/c41-35-33(23-10-3-1-4-11-23)36-28-22-30-29(21-27(28)38-35)37-34(40(30)19-9-18-39-16-7-2-8-17-39)24-14-15-32-26(20-24)25-12-5-6-13-31(25)42-32/h1,3-6,10-15,20-22H,2,7-9,16-19H2,(H,38,41). The van der Waals surface area contributed by atoms with Crippen molar-refractivity contribution in [3.05, 3.63) is 95.3 Å². The molecule has 208 valence electrons. The van der Waals surface area contributed by atoms with Gasteiger partial charge in [0.2, 0.25) is 0 Å². The number of hydrogen-bond acceptors (Lipinski definition) is 5. The fourth-order valence-corrected chi connectivity index (χ4v) is 6.44. The zero-order chi connectivity index (χ0) is 28.0. The average molecular weight is 554 g/mol. The summed E-state index contributed by atoms with van der Waals surface area (Å²) in [5.41, 5.74) is 7.13. The average Bonchev–Trinajstić information content (AvgIpc) is 3.58. The maximum atomic E-state index is 13.0. The van der Waals surface area contributed by atoms with Crippen LogP contribution < -0.4 is 5.56 Å². The van der Waals surface area contributed by atoms with E-state index in [1.807, 2.05) is 60.7 Å². The largest absolute Gasteiger partial charge is 0.456 e. The van der Waals surface area contributed by atoms with Crippen molar-refractivity contribution in [1.29, 1.82) is 0 Å². The van der Waals surface area contributed by atoms with Crippen LogP contribution >= 0.6 is 0 Å². The fraction of sp³-hybridized carbons (Fsp3) is 0.229. The van der Waals surface area contributed by atoms with Crippen molar-refractivity contribution in [2.24, 2.45) is 0 Å². The summed E-state index contributed by atoms with van der Waals surface area (Å²) in [6.45, 7) is 4.28. The molecule has 1 aliphatic heterocycles.